The van der Waals surface area contributed by atoms with Crippen molar-refractivity contribution in [2.75, 3.05) is 19.6 Å². The van der Waals surface area contributed by atoms with Crippen LogP contribution in [0.25, 0.3) is 0 Å². The van der Waals surface area contributed by atoms with E-state index in [1.165, 1.54) is 0 Å². The van der Waals surface area contributed by atoms with Gasteiger partial charge in [-0.3, -0.25) is 34.3 Å². The Hall–Kier alpha value is -2.58. The summed E-state index contributed by atoms with van der Waals surface area (Å²) in [7, 11) is 0. The van der Waals surface area contributed by atoms with Gasteiger partial charge in [-0.25, -0.2) is 0 Å². The second-order valence-corrected chi connectivity index (χ2v) is 8.33. The van der Waals surface area contributed by atoms with Crippen molar-refractivity contribution in [3.8, 4) is 0 Å². The smallest absolute Gasteiger partial charge is 0.262 e. The fraction of sp³-hybridized carbons (Fsp3) is 0.524. The molecule has 3 aliphatic heterocycles. The predicted molar refractivity (Wildman–Crippen MR) is 105 cm³/mol. The summed E-state index contributed by atoms with van der Waals surface area (Å²) >= 11 is 0. The van der Waals surface area contributed by atoms with Crippen LogP contribution in [-0.4, -0.2) is 65.1 Å². The Morgan fingerprint density at radius 2 is 1.86 bits per heavy atom. The standard InChI is InChI=1S/C21H26N4O4/c1-12-8-22-9-13(2)24(10-12)11-14-4-3-5-15-18(14)21(29)25(20(15)28)16-6-7-17(26)23-19(16)27/h3-5,12-13,16,22H,6-11H2,1-2H3,(H,23,26,27). The summed E-state index contributed by atoms with van der Waals surface area (Å²) in [6.07, 6.45) is 0.282. The summed E-state index contributed by atoms with van der Waals surface area (Å²) in [4.78, 5) is 53.2. The van der Waals surface area contributed by atoms with Crippen molar-refractivity contribution in [2.24, 2.45) is 5.92 Å². The summed E-state index contributed by atoms with van der Waals surface area (Å²) in [5, 5.41) is 5.68. The van der Waals surface area contributed by atoms with Gasteiger partial charge >= 0.3 is 0 Å². The van der Waals surface area contributed by atoms with Gasteiger partial charge in [0.15, 0.2) is 0 Å². The second-order valence-electron chi connectivity index (χ2n) is 8.33. The zero-order valence-corrected chi connectivity index (χ0v) is 16.7. The van der Waals surface area contributed by atoms with Crippen LogP contribution >= 0.6 is 0 Å². The fourth-order valence-electron chi connectivity index (χ4n) is 4.47. The average Bonchev–Trinajstić information content (AvgIpc) is 2.81. The van der Waals surface area contributed by atoms with Gasteiger partial charge in [0.2, 0.25) is 11.8 Å². The van der Waals surface area contributed by atoms with Crippen LogP contribution in [-0.2, 0) is 16.1 Å². The molecule has 3 heterocycles. The van der Waals surface area contributed by atoms with Crippen LogP contribution in [0.1, 0.15) is 53.0 Å². The number of hydrogen-bond acceptors (Lipinski definition) is 6. The van der Waals surface area contributed by atoms with Crippen LogP contribution in [0.15, 0.2) is 18.2 Å². The van der Waals surface area contributed by atoms with Crippen molar-refractivity contribution >= 4 is 23.6 Å². The molecule has 0 bridgehead atoms. The lowest BCUT2D eigenvalue weighted by molar-refractivity contribution is -0.136. The van der Waals surface area contributed by atoms with Crippen molar-refractivity contribution in [2.45, 2.75) is 45.3 Å². The number of carbonyl (C=O) groups is 4. The van der Waals surface area contributed by atoms with E-state index in [-0.39, 0.29) is 18.7 Å². The number of hydrogen-bond donors (Lipinski definition) is 2. The molecule has 0 spiro atoms. The van der Waals surface area contributed by atoms with Crippen LogP contribution in [0.3, 0.4) is 0 Å². The molecule has 0 aromatic heterocycles. The van der Waals surface area contributed by atoms with Gasteiger partial charge in [0.25, 0.3) is 11.8 Å². The Balaban J connectivity index is 1.62. The van der Waals surface area contributed by atoms with Gasteiger partial charge in [0.05, 0.1) is 11.1 Å². The van der Waals surface area contributed by atoms with E-state index in [0.717, 1.165) is 30.1 Å². The first-order chi connectivity index (χ1) is 13.9. The highest BCUT2D eigenvalue weighted by molar-refractivity contribution is 6.24. The van der Waals surface area contributed by atoms with Crippen LogP contribution < -0.4 is 10.6 Å². The van der Waals surface area contributed by atoms with Crippen molar-refractivity contribution < 1.29 is 19.2 Å². The SMILES string of the molecule is CC1CNCC(C)N(Cc2cccc3c2C(=O)N(C2CCC(=O)NC2=O)C3=O)C1. The van der Waals surface area contributed by atoms with Crippen LogP contribution in [0.4, 0.5) is 0 Å². The maximum atomic E-state index is 13.2. The van der Waals surface area contributed by atoms with Gasteiger partial charge in [-0.2, -0.15) is 0 Å². The van der Waals surface area contributed by atoms with Crippen LogP contribution in [0.5, 0.6) is 0 Å². The summed E-state index contributed by atoms with van der Waals surface area (Å²) in [6, 6.07) is 4.68. The number of amides is 4. The predicted octanol–water partition coefficient (Wildman–Crippen LogP) is 0.518. The number of imide groups is 2. The molecule has 1 aromatic rings. The molecule has 0 aliphatic carbocycles. The monoisotopic (exact) mass is 398 g/mol. The molecule has 154 valence electrons. The zero-order valence-electron chi connectivity index (χ0n) is 16.7. The first-order valence-electron chi connectivity index (χ1n) is 10.1. The topological polar surface area (TPSA) is 98.8 Å². The van der Waals surface area contributed by atoms with Gasteiger partial charge < -0.3 is 5.32 Å². The highest BCUT2D eigenvalue weighted by Crippen LogP contribution is 2.31. The summed E-state index contributed by atoms with van der Waals surface area (Å²) in [5.41, 5.74) is 1.53. The van der Waals surface area contributed by atoms with Gasteiger partial charge in [0, 0.05) is 32.1 Å². The van der Waals surface area contributed by atoms with Crippen molar-refractivity contribution in [3.05, 3.63) is 34.9 Å². The number of rotatable bonds is 3. The van der Waals surface area contributed by atoms with Crippen molar-refractivity contribution in [1.82, 2.24) is 20.4 Å². The molecule has 0 radical (unpaired) electrons. The zero-order chi connectivity index (χ0) is 20.7. The molecule has 3 unspecified atom stereocenters. The maximum Gasteiger partial charge on any atom is 0.262 e. The normalized spacial score (nSPS) is 28.3. The molecule has 1 aromatic carbocycles. The van der Waals surface area contributed by atoms with Gasteiger partial charge in [0.1, 0.15) is 6.04 Å². The van der Waals surface area contributed by atoms with E-state index in [1.54, 1.807) is 12.1 Å². The van der Waals surface area contributed by atoms with Crippen LogP contribution in [0.2, 0.25) is 0 Å². The molecule has 0 saturated carbocycles. The summed E-state index contributed by atoms with van der Waals surface area (Å²) < 4.78 is 0. The van der Waals surface area contributed by atoms with Gasteiger partial charge in [-0.1, -0.05) is 19.1 Å². The third kappa shape index (κ3) is 3.58. The Bertz CT molecular complexity index is 883. The Morgan fingerprint density at radius 1 is 1.07 bits per heavy atom. The quantitative estimate of drug-likeness (QED) is 0.721. The van der Waals surface area contributed by atoms with Crippen molar-refractivity contribution in [3.63, 3.8) is 0 Å². The number of nitrogens with zero attached hydrogens (tertiary/aromatic N) is 2. The lowest BCUT2D eigenvalue weighted by atomic mass is 10.0. The molecule has 2 N–H and O–H groups in total. The minimum atomic E-state index is -0.936. The number of piperidine rings is 1. The minimum Gasteiger partial charge on any atom is -0.315 e. The number of fused-ring (bicyclic) bond motifs is 1. The Kier molecular flexibility index (Phi) is 5.23. The molecule has 2 fully saturated rings. The number of benzene rings is 1. The van der Waals surface area contributed by atoms with Gasteiger partial charge in [-0.15, -0.1) is 0 Å². The molecule has 2 saturated heterocycles. The molecule has 29 heavy (non-hydrogen) atoms. The van der Waals surface area contributed by atoms with E-state index in [1.807, 2.05) is 6.07 Å². The first-order valence-corrected chi connectivity index (χ1v) is 10.1. The largest absolute Gasteiger partial charge is 0.315 e. The summed E-state index contributed by atoms with van der Waals surface area (Å²) in [5.74, 6) is -1.38. The molecular weight excluding hydrogens is 372 g/mol. The van der Waals surface area contributed by atoms with E-state index in [4.69, 9.17) is 0 Å². The van der Waals surface area contributed by atoms with E-state index >= 15 is 0 Å². The lowest BCUT2D eigenvalue weighted by Gasteiger charge is -2.29. The molecular formula is C21H26N4O4. The van der Waals surface area contributed by atoms with E-state index in [0.29, 0.717) is 29.6 Å². The number of carbonyl (C=O) groups excluding carboxylic acids is 4. The molecule has 4 rings (SSSR count). The lowest BCUT2D eigenvalue weighted by Crippen LogP contribution is -2.54. The number of nitrogens with one attached hydrogen (secondary N) is 2. The van der Waals surface area contributed by atoms with Gasteiger partial charge in [-0.05, 0) is 37.4 Å². The molecule has 8 nitrogen and oxygen atoms in total. The first kappa shape index (κ1) is 19.7. The molecule has 3 aliphatic rings. The van der Waals surface area contributed by atoms with Crippen molar-refractivity contribution in [1.29, 1.82) is 0 Å². The highest BCUT2D eigenvalue weighted by Gasteiger charge is 2.45. The van der Waals surface area contributed by atoms with E-state index in [9.17, 15) is 19.2 Å². The Morgan fingerprint density at radius 3 is 2.62 bits per heavy atom. The molecule has 4 amide bonds. The molecule has 8 heteroatoms. The minimum absolute atomic E-state index is 0.118. The average molecular weight is 398 g/mol. The third-order valence-electron chi connectivity index (χ3n) is 6.03. The maximum absolute atomic E-state index is 13.2. The van der Waals surface area contributed by atoms with E-state index < -0.39 is 23.8 Å². The van der Waals surface area contributed by atoms with Crippen LogP contribution in [0, 0.1) is 5.92 Å². The van der Waals surface area contributed by atoms with E-state index in [2.05, 4.69) is 29.4 Å². The Labute approximate surface area is 169 Å². The summed E-state index contributed by atoms with van der Waals surface area (Å²) in [6.45, 7) is 7.63. The molecule has 3 atom stereocenters. The fourth-order valence-corrected chi connectivity index (χ4v) is 4.47. The second kappa shape index (κ2) is 7.68. The highest BCUT2D eigenvalue weighted by atomic mass is 16.2. The third-order valence-corrected chi connectivity index (χ3v) is 6.03.